The number of carboxylic acids is 6. The summed E-state index contributed by atoms with van der Waals surface area (Å²) in [6.07, 6.45) is 0.334. The molecular weight excluding hydrogens is 1200 g/mol. The maximum absolute atomic E-state index is 14.1. The number of nitrogens with one attached hydrogen (secondary N) is 4. The third-order valence-electron chi connectivity index (χ3n) is 16.0. The summed E-state index contributed by atoms with van der Waals surface area (Å²) < 4.78 is 0. The van der Waals surface area contributed by atoms with Gasteiger partial charge in [0.25, 0.3) is 0 Å². The summed E-state index contributed by atoms with van der Waals surface area (Å²) in [6, 6.07) is -2.24. The lowest BCUT2D eigenvalue weighted by molar-refractivity contribution is -0.140. The van der Waals surface area contributed by atoms with Crippen LogP contribution in [0.1, 0.15) is 72.1 Å². The lowest BCUT2D eigenvalue weighted by atomic mass is 9.78. The van der Waals surface area contributed by atoms with E-state index in [0.717, 1.165) is 0 Å². The minimum absolute atomic E-state index is 0.0197. The van der Waals surface area contributed by atoms with E-state index >= 15 is 0 Å². The fourth-order valence-electron chi connectivity index (χ4n) is 10.9. The predicted octanol–water partition coefficient (Wildman–Crippen LogP) is -6.09. The second kappa shape index (κ2) is 41.6. The fourth-order valence-corrected chi connectivity index (χ4v) is 10.9. The van der Waals surface area contributed by atoms with Gasteiger partial charge in [-0.25, -0.2) is 0 Å². The zero-order valence-electron chi connectivity index (χ0n) is 52.6. The molecule has 3 rings (SSSR count). The lowest BCUT2D eigenvalue weighted by Gasteiger charge is -2.33. The maximum Gasteiger partial charge on any atom is 0.475 e. The number of hydrogen-bond donors (Lipinski definition) is 12. The van der Waals surface area contributed by atoms with Crippen LogP contribution in [0, 0.1) is 11.8 Å². The van der Waals surface area contributed by atoms with Crippen molar-refractivity contribution >= 4 is 84.0 Å². The first-order valence-electron chi connectivity index (χ1n) is 30.9. The van der Waals surface area contributed by atoms with Crippen LogP contribution in [0.4, 0.5) is 0 Å². The lowest BCUT2D eigenvalue weighted by Crippen LogP contribution is -2.53. The highest BCUT2D eigenvalue weighted by atomic mass is 16.4. The quantitative estimate of drug-likeness (QED) is 0.0208. The molecule has 0 aromatic heterocycles. The summed E-state index contributed by atoms with van der Waals surface area (Å²) in [7, 11) is -1.76. The molecule has 34 nitrogen and oxygen atoms in total. The van der Waals surface area contributed by atoms with Gasteiger partial charge in [0.2, 0.25) is 29.5 Å². The number of carbonyl (C=O) groups excluding carboxylic acids is 7. The Morgan fingerprint density at radius 3 is 1.19 bits per heavy atom. The van der Waals surface area contributed by atoms with E-state index in [1.807, 2.05) is 0 Å². The van der Waals surface area contributed by atoms with Gasteiger partial charge in [0.05, 0.1) is 70.9 Å². The van der Waals surface area contributed by atoms with Gasteiger partial charge in [-0.3, -0.25) is 102 Å². The Labute approximate surface area is 529 Å². The van der Waals surface area contributed by atoms with E-state index in [4.69, 9.17) is 0 Å². The average molecular weight is 1300 g/mol. The van der Waals surface area contributed by atoms with Crippen LogP contribution in [0.15, 0.2) is 0 Å². The molecule has 0 spiro atoms. The van der Waals surface area contributed by atoms with Gasteiger partial charge in [-0.1, -0.05) is 13.8 Å². The number of unbranched alkanes of at least 4 members (excludes halogenated alkanes) is 1. The van der Waals surface area contributed by atoms with Crippen LogP contribution in [0.25, 0.3) is 0 Å². The number of carbonyl (C=O) groups is 13. The fraction of sp³-hybridized carbons (Fsp3) is 0.768. The van der Waals surface area contributed by atoms with Gasteiger partial charge in [-0.2, -0.15) is 0 Å². The molecule has 0 aromatic rings. The van der Waals surface area contributed by atoms with Crippen molar-refractivity contribution in [2.75, 3.05) is 177 Å². The number of nitrogens with zero attached hydrogens (tertiary/aromatic N) is 9. The van der Waals surface area contributed by atoms with Gasteiger partial charge in [-0.15, -0.1) is 0 Å². The van der Waals surface area contributed by atoms with Gasteiger partial charge < -0.3 is 66.9 Å². The molecule has 0 aliphatic carbocycles. The van der Waals surface area contributed by atoms with Crippen molar-refractivity contribution in [1.82, 2.24) is 65.4 Å². The summed E-state index contributed by atoms with van der Waals surface area (Å²) >= 11 is 0. The van der Waals surface area contributed by atoms with Gasteiger partial charge >= 0.3 is 42.9 Å². The van der Waals surface area contributed by atoms with Gasteiger partial charge in [0.15, 0.2) is 11.6 Å². The number of hydrogen-bond acceptors (Lipinski definition) is 23. The molecule has 5 amide bonds. The van der Waals surface area contributed by atoms with E-state index in [9.17, 15) is 103 Å². The normalized spacial score (nSPS) is 19.2. The Morgan fingerprint density at radius 2 is 0.824 bits per heavy atom. The van der Waals surface area contributed by atoms with Crippen LogP contribution in [0.3, 0.4) is 0 Å². The van der Waals surface area contributed by atoms with Crippen LogP contribution in [-0.2, 0) is 62.3 Å². The van der Waals surface area contributed by atoms with Gasteiger partial charge in [-0.05, 0) is 44.9 Å². The molecule has 3 aliphatic heterocycles. The number of aliphatic carboxylic acids is 6. The van der Waals surface area contributed by atoms with Crippen molar-refractivity contribution in [3.8, 4) is 0 Å². The van der Waals surface area contributed by atoms with Gasteiger partial charge in [0, 0.05) is 143 Å². The minimum atomic E-state index is -1.76. The molecule has 0 radical (unpaired) electrons. The standard InChI is InChI=1S/C56H96BN13O21/c1-39(2)42(55(88)60-40(3)56(89)70-12-6-8-45(70)57(90)91)29-41(71)30-59-46(73)10-9-44(72)43(61-48(75)32-63-15-19-66(35-51(80)81)23-27-69(38-54(86)87)28-24-67(20-16-63)36-52(82)83)7-4-5-11-58-47(74)31-62-13-17-64(33-49(76)77)21-25-68(37-53(84)85)26-22-65(18-14-62)34-50(78)79/h39-40,42-43,45,90-91H,4-38H2,1-3H3,(H,58,74)(H,59,73)(H,60,88)(H,61,75)(H,76,77)(H,78,79)(H,80,81)(H,82,83)(H,84,85)(H,86,87)/t40-,42+,43-,45+/m1/s1. The van der Waals surface area contributed by atoms with Crippen LogP contribution < -0.4 is 21.3 Å². The molecule has 3 saturated heterocycles. The first-order valence-corrected chi connectivity index (χ1v) is 30.9. The third kappa shape index (κ3) is 32.8. The highest BCUT2D eigenvalue weighted by molar-refractivity contribution is 6.43. The van der Waals surface area contributed by atoms with Crippen LogP contribution in [0.2, 0.25) is 0 Å². The monoisotopic (exact) mass is 1300 g/mol. The third-order valence-corrected chi connectivity index (χ3v) is 16.0. The highest BCUT2D eigenvalue weighted by Gasteiger charge is 2.39. The molecule has 514 valence electrons. The average Bonchev–Trinajstić information content (AvgIpc) is 1.83. The van der Waals surface area contributed by atoms with E-state index in [1.165, 1.54) is 11.8 Å². The molecule has 12 N–H and O–H groups in total. The first kappa shape index (κ1) is 78.4. The van der Waals surface area contributed by atoms with Crippen LogP contribution in [0.5, 0.6) is 0 Å². The maximum atomic E-state index is 14.1. The van der Waals surface area contributed by atoms with Crippen LogP contribution in [-0.4, -0.2) is 364 Å². The zero-order valence-corrected chi connectivity index (χ0v) is 52.6. The van der Waals surface area contributed by atoms with E-state index in [2.05, 4.69) is 21.3 Å². The number of carboxylic acid groups (broad SMARTS) is 6. The Balaban J connectivity index is 1.74. The van der Waals surface area contributed by atoms with Crippen molar-refractivity contribution in [3.63, 3.8) is 0 Å². The molecule has 35 heteroatoms. The Bertz CT molecular complexity index is 2380. The Hall–Kier alpha value is -6.83. The second-order valence-electron chi connectivity index (χ2n) is 23.8. The molecular formula is C56H96BN13O21. The van der Waals surface area contributed by atoms with Crippen molar-refractivity contribution in [2.45, 2.75) is 90.2 Å². The van der Waals surface area contributed by atoms with E-state index in [1.54, 1.807) is 53.0 Å². The summed E-state index contributed by atoms with van der Waals surface area (Å²) in [4.78, 5) is 179. The number of Topliss-reactive ketones (excluding diaryl/α,β-unsaturated/α-hetero) is 2. The molecule has 91 heavy (non-hydrogen) atoms. The number of ketones is 2. The largest absolute Gasteiger partial charge is 0.480 e. The molecule has 3 heterocycles. The topological polar surface area (TPSA) is 461 Å². The van der Waals surface area contributed by atoms with Crippen molar-refractivity contribution in [3.05, 3.63) is 0 Å². The molecule has 0 saturated carbocycles. The zero-order chi connectivity index (χ0) is 67.7. The molecule has 0 aromatic carbocycles. The molecule has 0 bridgehead atoms. The molecule has 4 atom stereocenters. The number of rotatable bonds is 35. The molecule has 3 aliphatic rings. The SMILES string of the molecule is CC(C)[C@H](CC(=O)CNC(=O)CCC(=O)[C@@H](CCCCNC(=O)CN1CCN(CC(=O)O)CCN(CC(=O)O)CCN(CC(=O)O)CC1)NC(=O)CN1CCN(CC(=O)O)CCN(CC(=O)O)CCN(CC(=O)O)CC1)C(=O)N[C@H](C)C(=O)N1CCC[C@H]1B(O)O. The van der Waals surface area contributed by atoms with E-state index < -0.39 is 140 Å². The Morgan fingerprint density at radius 1 is 0.451 bits per heavy atom. The summed E-state index contributed by atoms with van der Waals surface area (Å²) in [5, 5.41) is 87.8. The van der Waals surface area contributed by atoms with Crippen molar-refractivity contribution in [2.24, 2.45) is 11.8 Å². The van der Waals surface area contributed by atoms with E-state index in [0.29, 0.717) is 12.8 Å². The van der Waals surface area contributed by atoms with Crippen molar-refractivity contribution in [1.29, 1.82) is 0 Å². The van der Waals surface area contributed by atoms with Crippen molar-refractivity contribution < 1.29 is 103 Å². The first-order chi connectivity index (χ1) is 43.0. The van der Waals surface area contributed by atoms with Crippen LogP contribution >= 0.6 is 0 Å². The minimum Gasteiger partial charge on any atom is -0.480 e. The summed E-state index contributed by atoms with van der Waals surface area (Å²) in [5.74, 6) is -12.8. The second-order valence-corrected chi connectivity index (χ2v) is 23.8. The summed E-state index contributed by atoms with van der Waals surface area (Å²) in [5.41, 5.74) is 0. The Kier molecular flexibility index (Phi) is 35.9. The molecule has 0 unspecified atom stereocenters. The van der Waals surface area contributed by atoms with Gasteiger partial charge in [0.1, 0.15) is 6.04 Å². The number of amides is 5. The highest BCUT2D eigenvalue weighted by Crippen LogP contribution is 2.21. The molecule has 3 fully saturated rings. The van der Waals surface area contributed by atoms with E-state index in [-0.39, 0.29) is 189 Å². The smallest absolute Gasteiger partial charge is 0.475 e. The summed E-state index contributed by atoms with van der Waals surface area (Å²) in [6.45, 7) is 4.51. The predicted molar refractivity (Wildman–Crippen MR) is 324 cm³/mol. The number of likely N-dealkylation sites (tertiary alicyclic amines) is 1.